The molecule has 0 spiro atoms. The van der Waals surface area contributed by atoms with E-state index >= 15 is 0 Å². The third kappa shape index (κ3) is 3.64. The highest BCUT2D eigenvalue weighted by Gasteiger charge is 2.01. The van der Waals surface area contributed by atoms with Gasteiger partial charge in [0.1, 0.15) is 0 Å². The second-order valence-electron chi connectivity index (χ2n) is 4.38. The van der Waals surface area contributed by atoms with Gasteiger partial charge in [0.25, 0.3) is 0 Å². The Morgan fingerprint density at radius 1 is 1.21 bits per heavy atom. The SMILES string of the molecule is CCc1cccnc1CNCc1cccc(C#N)c1. The Morgan fingerprint density at radius 2 is 2.11 bits per heavy atom. The topological polar surface area (TPSA) is 48.7 Å². The molecule has 1 aromatic heterocycles. The molecule has 0 bridgehead atoms. The smallest absolute Gasteiger partial charge is 0.0991 e. The lowest BCUT2D eigenvalue weighted by Gasteiger charge is -2.08. The summed E-state index contributed by atoms with van der Waals surface area (Å²) < 4.78 is 0. The highest BCUT2D eigenvalue weighted by molar-refractivity contribution is 5.32. The molecule has 3 heteroatoms. The first kappa shape index (κ1) is 13.3. The molecule has 1 N–H and O–H groups in total. The van der Waals surface area contributed by atoms with Gasteiger partial charge in [-0.05, 0) is 35.7 Å². The van der Waals surface area contributed by atoms with Crippen LogP contribution in [-0.4, -0.2) is 4.98 Å². The normalized spacial score (nSPS) is 10.1. The molecular weight excluding hydrogens is 234 g/mol. The van der Waals surface area contributed by atoms with E-state index in [2.05, 4.69) is 29.4 Å². The molecule has 0 aliphatic rings. The van der Waals surface area contributed by atoms with Crippen molar-refractivity contribution in [3.63, 3.8) is 0 Å². The summed E-state index contributed by atoms with van der Waals surface area (Å²) in [6.07, 6.45) is 2.82. The lowest BCUT2D eigenvalue weighted by molar-refractivity contribution is 0.673. The van der Waals surface area contributed by atoms with Crippen LogP contribution >= 0.6 is 0 Å². The van der Waals surface area contributed by atoms with Gasteiger partial charge in [0, 0.05) is 19.3 Å². The third-order valence-corrected chi connectivity index (χ3v) is 3.04. The Morgan fingerprint density at radius 3 is 2.89 bits per heavy atom. The van der Waals surface area contributed by atoms with Crippen molar-refractivity contribution >= 4 is 0 Å². The van der Waals surface area contributed by atoms with E-state index in [0.29, 0.717) is 5.56 Å². The first-order valence-corrected chi connectivity index (χ1v) is 6.46. The number of aryl methyl sites for hydroxylation is 1. The molecule has 2 aromatic rings. The molecule has 0 unspecified atom stereocenters. The van der Waals surface area contributed by atoms with Crippen LogP contribution in [0.25, 0.3) is 0 Å². The van der Waals surface area contributed by atoms with Crippen LogP contribution in [0.1, 0.15) is 29.3 Å². The number of aromatic nitrogens is 1. The minimum absolute atomic E-state index is 0.700. The highest BCUT2D eigenvalue weighted by atomic mass is 14.9. The second kappa shape index (κ2) is 6.67. The monoisotopic (exact) mass is 251 g/mol. The average molecular weight is 251 g/mol. The van der Waals surface area contributed by atoms with Crippen molar-refractivity contribution in [1.29, 1.82) is 5.26 Å². The van der Waals surface area contributed by atoms with Gasteiger partial charge >= 0.3 is 0 Å². The minimum atomic E-state index is 0.700. The molecule has 0 aliphatic carbocycles. The Hall–Kier alpha value is -2.18. The van der Waals surface area contributed by atoms with Gasteiger partial charge in [-0.2, -0.15) is 5.26 Å². The van der Waals surface area contributed by atoms with E-state index in [1.807, 2.05) is 36.5 Å². The van der Waals surface area contributed by atoms with E-state index in [1.54, 1.807) is 0 Å². The predicted octanol–water partition coefficient (Wildman–Crippen LogP) is 2.81. The molecule has 0 aliphatic heterocycles. The summed E-state index contributed by atoms with van der Waals surface area (Å²) in [4.78, 5) is 4.40. The second-order valence-corrected chi connectivity index (χ2v) is 4.38. The fraction of sp³-hybridized carbons (Fsp3) is 0.250. The van der Waals surface area contributed by atoms with Crippen molar-refractivity contribution in [3.05, 3.63) is 65.0 Å². The molecule has 0 fully saturated rings. The highest BCUT2D eigenvalue weighted by Crippen LogP contribution is 2.07. The number of nitriles is 1. The van der Waals surface area contributed by atoms with E-state index in [-0.39, 0.29) is 0 Å². The standard InChI is InChI=1S/C16H17N3/c1-2-15-7-4-8-19-16(15)12-18-11-14-6-3-5-13(9-14)10-17/h3-9,18H,2,11-12H2,1H3. The van der Waals surface area contributed by atoms with Crippen LogP contribution in [-0.2, 0) is 19.5 Å². The van der Waals surface area contributed by atoms with Gasteiger partial charge in [-0.25, -0.2) is 0 Å². The maximum Gasteiger partial charge on any atom is 0.0991 e. The summed E-state index contributed by atoms with van der Waals surface area (Å²) in [5.41, 5.74) is 4.20. The minimum Gasteiger partial charge on any atom is -0.307 e. The number of benzene rings is 1. The number of hydrogen-bond donors (Lipinski definition) is 1. The van der Waals surface area contributed by atoms with Gasteiger partial charge in [0.2, 0.25) is 0 Å². The summed E-state index contributed by atoms with van der Waals surface area (Å²) in [5.74, 6) is 0. The van der Waals surface area contributed by atoms with Crippen LogP contribution in [0.4, 0.5) is 0 Å². The number of pyridine rings is 1. The molecule has 0 saturated heterocycles. The number of hydrogen-bond acceptors (Lipinski definition) is 3. The molecule has 1 heterocycles. The number of rotatable bonds is 5. The van der Waals surface area contributed by atoms with E-state index < -0.39 is 0 Å². The molecule has 0 saturated carbocycles. The molecule has 0 atom stereocenters. The van der Waals surface area contributed by atoms with Crippen molar-refractivity contribution in [2.75, 3.05) is 0 Å². The predicted molar refractivity (Wildman–Crippen MR) is 75.3 cm³/mol. The van der Waals surface area contributed by atoms with Crippen LogP contribution in [0.3, 0.4) is 0 Å². The van der Waals surface area contributed by atoms with Crippen LogP contribution in [0.5, 0.6) is 0 Å². The lowest BCUT2D eigenvalue weighted by atomic mass is 10.1. The zero-order valence-corrected chi connectivity index (χ0v) is 11.1. The Kier molecular flexibility index (Phi) is 4.66. The van der Waals surface area contributed by atoms with Gasteiger partial charge in [-0.3, -0.25) is 4.98 Å². The molecule has 0 radical (unpaired) electrons. The van der Waals surface area contributed by atoms with E-state index in [4.69, 9.17) is 5.26 Å². The summed E-state index contributed by atoms with van der Waals surface area (Å²) in [6, 6.07) is 13.9. The summed E-state index contributed by atoms with van der Waals surface area (Å²) in [6.45, 7) is 3.63. The van der Waals surface area contributed by atoms with Crippen molar-refractivity contribution in [2.24, 2.45) is 0 Å². The van der Waals surface area contributed by atoms with Gasteiger partial charge in [-0.1, -0.05) is 25.1 Å². The van der Waals surface area contributed by atoms with Crippen LogP contribution in [0, 0.1) is 11.3 Å². The zero-order valence-electron chi connectivity index (χ0n) is 11.1. The summed E-state index contributed by atoms with van der Waals surface area (Å²) in [5, 5.41) is 12.2. The Balaban J connectivity index is 1.94. The number of nitrogens with zero attached hydrogens (tertiary/aromatic N) is 2. The summed E-state index contributed by atoms with van der Waals surface area (Å²) >= 11 is 0. The quantitative estimate of drug-likeness (QED) is 0.889. The van der Waals surface area contributed by atoms with Crippen LogP contribution < -0.4 is 5.32 Å². The van der Waals surface area contributed by atoms with Crippen molar-refractivity contribution < 1.29 is 0 Å². The lowest BCUT2D eigenvalue weighted by Crippen LogP contribution is -2.15. The van der Waals surface area contributed by atoms with Gasteiger partial charge < -0.3 is 5.32 Å². The Bertz CT molecular complexity index is 585. The molecule has 19 heavy (non-hydrogen) atoms. The molecule has 1 aromatic carbocycles. The van der Waals surface area contributed by atoms with Crippen molar-refractivity contribution in [2.45, 2.75) is 26.4 Å². The average Bonchev–Trinajstić information content (AvgIpc) is 2.48. The molecule has 3 nitrogen and oxygen atoms in total. The van der Waals surface area contributed by atoms with Gasteiger partial charge in [0.15, 0.2) is 0 Å². The van der Waals surface area contributed by atoms with Gasteiger partial charge in [0.05, 0.1) is 17.3 Å². The first-order valence-electron chi connectivity index (χ1n) is 6.46. The zero-order chi connectivity index (χ0) is 13.5. The maximum absolute atomic E-state index is 8.85. The van der Waals surface area contributed by atoms with E-state index in [0.717, 1.165) is 30.8 Å². The largest absolute Gasteiger partial charge is 0.307 e. The van der Waals surface area contributed by atoms with Crippen molar-refractivity contribution in [3.8, 4) is 6.07 Å². The van der Waals surface area contributed by atoms with Gasteiger partial charge in [-0.15, -0.1) is 0 Å². The fourth-order valence-electron chi connectivity index (χ4n) is 2.03. The third-order valence-electron chi connectivity index (χ3n) is 3.04. The fourth-order valence-corrected chi connectivity index (χ4v) is 2.03. The number of nitrogens with one attached hydrogen (secondary N) is 1. The Labute approximate surface area is 113 Å². The molecule has 2 rings (SSSR count). The molecule has 0 amide bonds. The van der Waals surface area contributed by atoms with Crippen LogP contribution in [0.2, 0.25) is 0 Å². The summed E-state index contributed by atoms with van der Waals surface area (Å²) in [7, 11) is 0. The first-order chi connectivity index (χ1) is 9.33. The molecular formula is C16H17N3. The van der Waals surface area contributed by atoms with E-state index in [1.165, 1.54) is 5.56 Å². The van der Waals surface area contributed by atoms with Crippen LogP contribution in [0.15, 0.2) is 42.6 Å². The van der Waals surface area contributed by atoms with Crippen molar-refractivity contribution in [1.82, 2.24) is 10.3 Å². The maximum atomic E-state index is 8.85. The van der Waals surface area contributed by atoms with E-state index in [9.17, 15) is 0 Å². The molecule has 96 valence electrons.